The van der Waals surface area contributed by atoms with E-state index in [0.717, 1.165) is 30.6 Å². The van der Waals surface area contributed by atoms with Crippen molar-refractivity contribution >= 4 is 43.3 Å². The molecule has 0 unspecified atom stereocenters. The van der Waals surface area contributed by atoms with Crippen LogP contribution in [0.15, 0.2) is 65.1 Å². The fourth-order valence-electron chi connectivity index (χ4n) is 4.32. The van der Waals surface area contributed by atoms with E-state index in [2.05, 4.69) is 74.5 Å². The molecule has 1 heterocycles. The van der Waals surface area contributed by atoms with E-state index in [1.807, 2.05) is 0 Å². The second-order valence-corrected chi connectivity index (χ2v) is 7.61. The van der Waals surface area contributed by atoms with Crippen molar-refractivity contribution in [1.29, 1.82) is 0 Å². The average Bonchev–Trinajstić information content (AvgIpc) is 3.09. The Morgan fingerprint density at radius 1 is 0.593 bits per heavy atom. The van der Waals surface area contributed by atoms with Crippen LogP contribution in [0.4, 0.5) is 0 Å². The second-order valence-electron chi connectivity index (χ2n) is 7.61. The van der Waals surface area contributed by atoms with Crippen molar-refractivity contribution in [3.8, 4) is 0 Å². The first-order valence-electron chi connectivity index (χ1n) is 10.1. The molecular formula is C26H24O. The Kier molecular flexibility index (Phi) is 3.89. The number of hydrogen-bond donors (Lipinski definition) is 0. The lowest BCUT2D eigenvalue weighted by Gasteiger charge is -2.08. The molecule has 0 radical (unpaired) electrons. The first-order valence-corrected chi connectivity index (χ1v) is 10.1. The van der Waals surface area contributed by atoms with Crippen molar-refractivity contribution in [3.63, 3.8) is 0 Å². The van der Waals surface area contributed by atoms with Crippen LogP contribution in [0, 0.1) is 0 Å². The Morgan fingerprint density at radius 2 is 1.37 bits per heavy atom. The Hall–Kier alpha value is -2.80. The maximum Gasteiger partial charge on any atom is 0.134 e. The summed E-state index contributed by atoms with van der Waals surface area (Å²) in [5, 5.41) is 9.10. The summed E-state index contributed by atoms with van der Waals surface area (Å²) in [6, 6.07) is 22.7. The number of aryl methyl sites for hydroxylation is 2. The molecule has 0 atom stereocenters. The minimum atomic E-state index is 0.995. The van der Waals surface area contributed by atoms with Gasteiger partial charge in [0, 0.05) is 11.8 Å². The highest BCUT2D eigenvalue weighted by molar-refractivity contribution is 6.18. The lowest BCUT2D eigenvalue weighted by molar-refractivity contribution is 0.545. The molecule has 5 rings (SSSR count). The monoisotopic (exact) mass is 352 g/mol. The number of rotatable bonds is 4. The summed E-state index contributed by atoms with van der Waals surface area (Å²) in [4.78, 5) is 0. The maximum atomic E-state index is 6.03. The van der Waals surface area contributed by atoms with Gasteiger partial charge in [-0.05, 0) is 75.0 Å². The zero-order valence-electron chi connectivity index (χ0n) is 16.0. The molecule has 0 saturated carbocycles. The SMILES string of the molecule is CCCc1ccc2cc3c(ccc4c5cc(CCC)oc5ccc34)cc2c1. The first-order chi connectivity index (χ1) is 13.3. The molecule has 1 heteroatoms. The van der Waals surface area contributed by atoms with Crippen molar-refractivity contribution < 1.29 is 4.42 Å². The minimum absolute atomic E-state index is 0.995. The van der Waals surface area contributed by atoms with E-state index in [-0.39, 0.29) is 0 Å². The third-order valence-electron chi connectivity index (χ3n) is 5.62. The van der Waals surface area contributed by atoms with Gasteiger partial charge in [-0.3, -0.25) is 0 Å². The predicted molar refractivity (Wildman–Crippen MR) is 117 cm³/mol. The fourth-order valence-corrected chi connectivity index (χ4v) is 4.32. The zero-order chi connectivity index (χ0) is 18.4. The molecule has 0 aliphatic rings. The van der Waals surface area contributed by atoms with Gasteiger partial charge in [0.2, 0.25) is 0 Å². The van der Waals surface area contributed by atoms with E-state index in [1.54, 1.807) is 0 Å². The molecule has 0 bridgehead atoms. The van der Waals surface area contributed by atoms with Gasteiger partial charge in [-0.25, -0.2) is 0 Å². The van der Waals surface area contributed by atoms with Crippen molar-refractivity contribution in [2.75, 3.05) is 0 Å². The number of fused-ring (bicyclic) bond motifs is 6. The van der Waals surface area contributed by atoms with Crippen molar-refractivity contribution in [2.45, 2.75) is 39.5 Å². The van der Waals surface area contributed by atoms with Gasteiger partial charge < -0.3 is 4.42 Å². The molecule has 0 amide bonds. The van der Waals surface area contributed by atoms with Crippen LogP contribution in [0.3, 0.4) is 0 Å². The summed E-state index contributed by atoms with van der Waals surface area (Å²) in [7, 11) is 0. The molecule has 0 aliphatic carbocycles. The summed E-state index contributed by atoms with van der Waals surface area (Å²) >= 11 is 0. The van der Waals surface area contributed by atoms with Crippen LogP contribution >= 0.6 is 0 Å². The number of hydrogen-bond acceptors (Lipinski definition) is 1. The zero-order valence-corrected chi connectivity index (χ0v) is 16.0. The molecule has 4 aromatic carbocycles. The van der Waals surface area contributed by atoms with Crippen LogP contribution < -0.4 is 0 Å². The second kappa shape index (κ2) is 6.42. The van der Waals surface area contributed by atoms with Crippen LogP contribution in [-0.4, -0.2) is 0 Å². The van der Waals surface area contributed by atoms with Crippen molar-refractivity contribution in [1.82, 2.24) is 0 Å². The highest BCUT2D eigenvalue weighted by atomic mass is 16.3. The summed E-state index contributed by atoms with van der Waals surface area (Å²) in [5.74, 6) is 1.09. The summed E-state index contributed by atoms with van der Waals surface area (Å²) in [6.07, 6.45) is 4.43. The lowest BCUT2D eigenvalue weighted by atomic mass is 9.95. The molecule has 0 spiro atoms. The first kappa shape index (κ1) is 16.4. The molecular weight excluding hydrogens is 328 g/mol. The van der Waals surface area contributed by atoms with Gasteiger partial charge in [-0.1, -0.05) is 56.7 Å². The van der Waals surface area contributed by atoms with E-state index >= 15 is 0 Å². The smallest absolute Gasteiger partial charge is 0.134 e. The van der Waals surface area contributed by atoms with Gasteiger partial charge in [-0.15, -0.1) is 0 Å². The van der Waals surface area contributed by atoms with E-state index in [4.69, 9.17) is 4.42 Å². The van der Waals surface area contributed by atoms with Gasteiger partial charge >= 0.3 is 0 Å². The van der Waals surface area contributed by atoms with Crippen LogP contribution in [0.1, 0.15) is 38.0 Å². The third-order valence-corrected chi connectivity index (χ3v) is 5.62. The van der Waals surface area contributed by atoms with E-state index in [9.17, 15) is 0 Å². The highest BCUT2D eigenvalue weighted by Gasteiger charge is 2.10. The van der Waals surface area contributed by atoms with E-state index in [0.29, 0.717) is 0 Å². The van der Waals surface area contributed by atoms with Gasteiger partial charge in [0.1, 0.15) is 11.3 Å². The topological polar surface area (TPSA) is 13.1 Å². The van der Waals surface area contributed by atoms with Crippen molar-refractivity contribution in [2.24, 2.45) is 0 Å². The number of benzene rings is 4. The summed E-state index contributed by atoms with van der Waals surface area (Å²) in [5.41, 5.74) is 2.42. The Bertz CT molecular complexity index is 1290. The standard InChI is InChI=1S/C26H24O/c1-3-5-17-7-8-18-15-24-19(14-20(18)13-17)9-10-23-22(24)11-12-26-25(23)16-21(27-26)6-4-2/h7-16H,3-6H2,1-2H3. The minimum Gasteiger partial charge on any atom is -0.461 e. The van der Waals surface area contributed by atoms with E-state index < -0.39 is 0 Å². The quantitative estimate of drug-likeness (QED) is 0.237. The molecule has 134 valence electrons. The van der Waals surface area contributed by atoms with Crippen LogP contribution in [-0.2, 0) is 12.8 Å². The average molecular weight is 352 g/mol. The molecule has 0 saturated heterocycles. The van der Waals surface area contributed by atoms with Crippen LogP contribution in [0.5, 0.6) is 0 Å². The fraction of sp³-hybridized carbons (Fsp3) is 0.231. The summed E-state index contributed by atoms with van der Waals surface area (Å²) < 4.78 is 6.03. The van der Waals surface area contributed by atoms with Gasteiger partial charge in [0.15, 0.2) is 0 Å². The highest BCUT2D eigenvalue weighted by Crippen LogP contribution is 2.35. The molecule has 1 nitrogen and oxygen atoms in total. The van der Waals surface area contributed by atoms with E-state index in [1.165, 1.54) is 49.7 Å². The normalized spacial score (nSPS) is 11.9. The largest absolute Gasteiger partial charge is 0.461 e. The number of furan rings is 1. The van der Waals surface area contributed by atoms with Gasteiger partial charge in [-0.2, -0.15) is 0 Å². The molecule has 0 N–H and O–H groups in total. The summed E-state index contributed by atoms with van der Waals surface area (Å²) in [6.45, 7) is 4.43. The molecule has 0 aliphatic heterocycles. The Labute approximate surface area is 159 Å². The van der Waals surface area contributed by atoms with Gasteiger partial charge in [0.25, 0.3) is 0 Å². The third kappa shape index (κ3) is 2.70. The molecule has 0 fully saturated rings. The maximum absolute atomic E-state index is 6.03. The Morgan fingerprint density at radius 3 is 2.22 bits per heavy atom. The Balaban J connectivity index is 1.77. The predicted octanol–water partition coefficient (Wildman–Crippen LogP) is 7.80. The van der Waals surface area contributed by atoms with Crippen molar-refractivity contribution in [3.05, 3.63) is 72.0 Å². The molecule has 5 aromatic rings. The van der Waals surface area contributed by atoms with Crippen LogP contribution in [0.25, 0.3) is 43.3 Å². The van der Waals surface area contributed by atoms with Gasteiger partial charge in [0.05, 0.1) is 0 Å². The lowest BCUT2D eigenvalue weighted by Crippen LogP contribution is -1.85. The van der Waals surface area contributed by atoms with Crippen LogP contribution in [0.2, 0.25) is 0 Å². The molecule has 1 aromatic heterocycles. The molecule has 27 heavy (non-hydrogen) atoms.